The number of nitrogens with zero attached hydrogens (tertiary/aromatic N) is 1. The first-order chi connectivity index (χ1) is 14.0. The lowest BCUT2D eigenvalue weighted by Gasteiger charge is -2.36. The van der Waals surface area contributed by atoms with Crippen molar-refractivity contribution in [3.63, 3.8) is 0 Å². The lowest BCUT2D eigenvalue weighted by atomic mass is 10.1. The molecule has 2 atom stereocenters. The molecule has 0 radical (unpaired) electrons. The van der Waals surface area contributed by atoms with E-state index in [1.807, 2.05) is 0 Å². The number of halogens is 2. The van der Waals surface area contributed by atoms with Crippen LogP contribution in [0.25, 0.3) is 0 Å². The van der Waals surface area contributed by atoms with Gasteiger partial charge in [-0.15, -0.1) is 0 Å². The van der Waals surface area contributed by atoms with E-state index in [1.54, 1.807) is 27.7 Å². The van der Waals surface area contributed by atoms with Crippen molar-refractivity contribution in [1.29, 1.82) is 0 Å². The van der Waals surface area contributed by atoms with Gasteiger partial charge in [0.05, 0.1) is 25.9 Å². The Hall–Kier alpha value is -2.62. The first kappa shape index (κ1) is 23.7. The number of ether oxygens (including phenoxy) is 4. The van der Waals surface area contributed by atoms with Gasteiger partial charge >= 0.3 is 12.7 Å². The number of carbonyl (C=O) groups is 2. The van der Waals surface area contributed by atoms with Gasteiger partial charge in [-0.25, -0.2) is 4.79 Å². The van der Waals surface area contributed by atoms with Crippen LogP contribution in [0.4, 0.5) is 13.6 Å². The van der Waals surface area contributed by atoms with E-state index < -0.39 is 30.5 Å². The maximum absolute atomic E-state index is 12.9. The van der Waals surface area contributed by atoms with Crippen molar-refractivity contribution < 1.29 is 37.3 Å². The molecule has 0 spiro atoms. The molecule has 2 unspecified atom stereocenters. The second-order valence-corrected chi connectivity index (χ2v) is 7.84. The van der Waals surface area contributed by atoms with Crippen molar-refractivity contribution in [3.8, 4) is 11.5 Å². The van der Waals surface area contributed by atoms with Gasteiger partial charge in [0.1, 0.15) is 5.60 Å². The number of hydrogen-bond acceptors (Lipinski definition) is 6. The molecule has 0 saturated carbocycles. The fraction of sp³-hybridized carbons (Fsp3) is 0.600. The van der Waals surface area contributed by atoms with Crippen LogP contribution in [0.3, 0.4) is 0 Å². The van der Waals surface area contributed by atoms with E-state index in [1.165, 1.54) is 30.2 Å². The van der Waals surface area contributed by atoms with Crippen molar-refractivity contribution in [1.82, 2.24) is 10.2 Å². The summed E-state index contributed by atoms with van der Waals surface area (Å²) < 4.78 is 45.6. The maximum atomic E-state index is 12.9. The molecule has 1 aromatic carbocycles. The monoisotopic (exact) mass is 430 g/mol. The normalized spacial score (nSPS) is 18.0. The maximum Gasteiger partial charge on any atom is 0.407 e. The molecule has 1 heterocycles. The summed E-state index contributed by atoms with van der Waals surface area (Å²) in [6.45, 7) is 4.80. The second-order valence-electron chi connectivity index (χ2n) is 7.84. The largest absolute Gasteiger partial charge is 0.493 e. The standard InChI is InChI=1S/C20H28F2N2O6/c1-12(23-19(26)30-20(2,3)4)16-11-24(8-9-28-16)17(25)13-6-7-14(27-5)15(10-13)29-18(21)22/h6-7,10,12,16,18H,8-9,11H2,1-5H3,(H,23,26). The van der Waals surface area contributed by atoms with Crippen LogP contribution in [0.15, 0.2) is 18.2 Å². The fourth-order valence-electron chi connectivity index (χ4n) is 2.93. The van der Waals surface area contributed by atoms with E-state index in [9.17, 15) is 18.4 Å². The van der Waals surface area contributed by atoms with Gasteiger partial charge in [0.25, 0.3) is 5.91 Å². The minimum atomic E-state index is -3.04. The minimum Gasteiger partial charge on any atom is -0.493 e. The average Bonchev–Trinajstić information content (AvgIpc) is 2.65. The zero-order valence-corrected chi connectivity index (χ0v) is 17.7. The molecule has 1 fully saturated rings. The van der Waals surface area contributed by atoms with Crippen LogP contribution in [0.2, 0.25) is 0 Å². The van der Waals surface area contributed by atoms with Gasteiger partial charge in [-0.05, 0) is 45.9 Å². The van der Waals surface area contributed by atoms with Crippen molar-refractivity contribution in [2.24, 2.45) is 0 Å². The number of hydrogen-bond donors (Lipinski definition) is 1. The van der Waals surface area contributed by atoms with Crippen molar-refractivity contribution >= 4 is 12.0 Å². The van der Waals surface area contributed by atoms with E-state index in [0.717, 1.165) is 0 Å². The van der Waals surface area contributed by atoms with E-state index in [-0.39, 0.29) is 36.1 Å². The Morgan fingerprint density at radius 3 is 2.57 bits per heavy atom. The Bertz CT molecular complexity index is 753. The molecule has 0 bridgehead atoms. The zero-order chi connectivity index (χ0) is 22.5. The van der Waals surface area contributed by atoms with E-state index in [0.29, 0.717) is 6.54 Å². The molecule has 0 aliphatic carbocycles. The van der Waals surface area contributed by atoms with Gasteiger partial charge in [0.15, 0.2) is 11.5 Å². The molecular weight excluding hydrogens is 402 g/mol. The number of nitrogens with one attached hydrogen (secondary N) is 1. The molecule has 0 aromatic heterocycles. The van der Waals surface area contributed by atoms with Gasteiger partial charge in [0.2, 0.25) is 0 Å². The summed E-state index contributed by atoms with van der Waals surface area (Å²) in [6.07, 6.45) is -1.03. The van der Waals surface area contributed by atoms with Crippen LogP contribution >= 0.6 is 0 Å². The lowest BCUT2D eigenvalue weighted by Crippen LogP contribution is -2.54. The lowest BCUT2D eigenvalue weighted by molar-refractivity contribution is -0.0513. The molecule has 2 amide bonds. The summed E-state index contributed by atoms with van der Waals surface area (Å²) in [6, 6.07) is 3.69. The predicted molar refractivity (Wildman–Crippen MR) is 104 cm³/mol. The number of methoxy groups -OCH3 is 1. The van der Waals surface area contributed by atoms with Crippen LogP contribution in [0.1, 0.15) is 38.1 Å². The minimum absolute atomic E-state index is 0.0990. The molecule has 1 aliphatic rings. The number of benzene rings is 1. The third-order valence-electron chi connectivity index (χ3n) is 4.31. The number of morpholine rings is 1. The number of carbonyl (C=O) groups excluding carboxylic acids is 2. The number of alkyl carbamates (subject to hydrolysis) is 1. The van der Waals surface area contributed by atoms with Gasteiger partial charge in [-0.2, -0.15) is 8.78 Å². The fourth-order valence-corrected chi connectivity index (χ4v) is 2.93. The zero-order valence-electron chi connectivity index (χ0n) is 17.7. The predicted octanol–water partition coefficient (Wildman–Crippen LogP) is 3.05. The quantitative estimate of drug-likeness (QED) is 0.747. The Balaban J connectivity index is 2.06. The first-order valence-electron chi connectivity index (χ1n) is 9.53. The van der Waals surface area contributed by atoms with E-state index in [2.05, 4.69) is 10.1 Å². The molecule has 8 nitrogen and oxygen atoms in total. The van der Waals surface area contributed by atoms with Crippen LogP contribution in [0.5, 0.6) is 11.5 Å². The topological polar surface area (TPSA) is 86.3 Å². The molecule has 1 aromatic rings. The average molecular weight is 430 g/mol. The summed E-state index contributed by atoms with van der Waals surface area (Å²) in [5, 5.41) is 2.71. The van der Waals surface area contributed by atoms with E-state index in [4.69, 9.17) is 14.2 Å². The molecule has 1 aliphatic heterocycles. The summed E-state index contributed by atoms with van der Waals surface area (Å²) in [5.41, 5.74) is -0.453. The first-order valence-corrected chi connectivity index (χ1v) is 9.53. The molecule has 30 heavy (non-hydrogen) atoms. The van der Waals surface area contributed by atoms with Crippen LogP contribution < -0.4 is 14.8 Å². The highest BCUT2D eigenvalue weighted by molar-refractivity contribution is 5.95. The highest BCUT2D eigenvalue weighted by atomic mass is 19.3. The molecule has 2 rings (SSSR count). The Labute approximate surface area is 174 Å². The third kappa shape index (κ3) is 6.72. The summed E-state index contributed by atoms with van der Waals surface area (Å²) in [5.74, 6) is -0.487. The molecule has 168 valence electrons. The summed E-state index contributed by atoms with van der Waals surface area (Å²) >= 11 is 0. The highest BCUT2D eigenvalue weighted by Gasteiger charge is 2.31. The molecule has 10 heteroatoms. The summed E-state index contributed by atoms with van der Waals surface area (Å²) in [7, 11) is 1.32. The van der Waals surface area contributed by atoms with E-state index >= 15 is 0 Å². The van der Waals surface area contributed by atoms with Gasteiger partial charge < -0.3 is 29.2 Å². The van der Waals surface area contributed by atoms with Gasteiger partial charge in [0, 0.05) is 18.7 Å². The molecule has 1 saturated heterocycles. The SMILES string of the molecule is COc1ccc(C(=O)N2CCOC(C(C)NC(=O)OC(C)(C)C)C2)cc1OC(F)F. The third-order valence-corrected chi connectivity index (χ3v) is 4.31. The summed E-state index contributed by atoms with van der Waals surface area (Å²) in [4.78, 5) is 26.4. The Morgan fingerprint density at radius 1 is 1.27 bits per heavy atom. The Kier molecular flexibility index (Phi) is 7.83. The van der Waals surface area contributed by atoms with Gasteiger partial charge in [-0.3, -0.25) is 4.79 Å². The number of alkyl halides is 2. The van der Waals surface area contributed by atoms with Crippen molar-refractivity contribution in [2.75, 3.05) is 26.8 Å². The van der Waals surface area contributed by atoms with Gasteiger partial charge in [-0.1, -0.05) is 0 Å². The van der Waals surface area contributed by atoms with Crippen LogP contribution in [-0.4, -0.2) is 68.1 Å². The number of rotatable bonds is 6. The smallest absolute Gasteiger partial charge is 0.407 e. The second kappa shape index (κ2) is 9.92. The molecule has 1 N–H and O–H groups in total. The highest BCUT2D eigenvalue weighted by Crippen LogP contribution is 2.30. The van der Waals surface area contributed by atoms with Crippen molar-refractivity contribution in [2.45, 2.75) is 52.1 Å². The number of amides is 2. The Morgan fingerprint density at radius 2 is 1.97 bits per heavy atom. The van der Waals surface area contributed by atoms with Crippen LogP contribution in [0, 0.1) is 0 Å². The van der Waals surface area contributed by atoms with Crippen LogP contribution in [-0.2, 0) is 9.47 Å². The van der Waals surface area contributed by atoms with Crippen molar-refractivity contribution in [3.05, 3.63) is 23.8 Å². The molecular formula is C20H28F2N2O6.